The van der Waals surface area contributed by atoms with Crippen LogP contribution in [0.4, 0.5) is 0 Å². The predicted octanol–water partition coefficient (Wildman–Crippen LogP) is 1.55. The molecule has 0 aromatic carbocycles. The van der Waals surface area contributed by atoms with Crippen LogP contribution in [-0.2, 0) is 9.59 Å². The number of hydrogen-bond acceptors (Lipinski definition) is 4. The molecule has 0 spiro atoms. The van der Waals surface area contributed by atoms with E-state index in [4.69, 9.17) is 0 Å². The topological polar surface area (TPSA) is 76.0 Å². The minimum Gasteiger partial charge on any atom is -0.345 e. The molecule has 2 aromatic rings. The zero-order chi connectivity index (χ0) is 16.4. The van der Waals surface area contributed by atoms with Gasteiger partial charge in [-0.3, -0.25) is 14.3 Å². The van der Waals surface area contributed by atoms with Gasteiger partial charge in [0.25, 0.3) is 0 Å². The quantitative estimate of drug-likeness (QED) is 0.816. The van der Waals surface area contributed by atoms with Crippen molar-refractivity contribution in [3.63, 3.8) is 0 Å². The summed E-state index contributed by atoms with van der Waals surface area (Å²) in [6.07, 6.45) is 1.92. The van der Waals surface area contributed by atoms with Crippen LogP contribution in [0.15, 0.2) is 23.6 Å². The summed E-state index contributed by atoms with van der Waals surface area (Å²) >= 11 is 1.61. The number of hydrogen-bond donors (Lipinski definition) is 2. The van der Waals surface area contributed by atoms with Crippen LogP contribution in [0, 0.1) is 13.8 Å². The molecule has 0 saturated heterocycles. The summed E-state index contributed by atoms with van der Waals surface area (Å²) in [5, 5.41) is 11.9. The lowest BCUT2D eigenvalue weighted by molar-refractivity contribution is -0.139. The predicted molar refractivity (Wildman–Crippen MR) is 88.3 cm³/mol. The van der Waals surface area contributed by atoms with E-state index in [-0.39, 0.29) is 12.1 Å². The van der Waals surface area contributed by atoms with Crippen LogP contribution in [0.5, 0.6) is 0 Å². The Bertz CT molecular complexity index is 704. The monoisotopic (exact) mass is 332 g/mol. The van der Waals surface area contributed by atoms with Gasteiger partial charge in [0.15, 0.2) is 0 Å². The molecule has 1 unspecified atom stereocenters. The number of nitrogens with zero attached hydrogens (tertiary/aromatic N) is 2. The van der Waals surface area contributed by atoms with Crippen LogP contribution < -0.4 is 10.6 Å². The van der Waals surface area contributed by atoms with Crippen molar-refractivity contribution >= 4 is 23.2 Å². The van der Waals surface area contributed by atoms with Crippen LogP contribution >= 0.6 is 11.3 Å². The minimum absolute atomic E-state index is 0.110. The van der Waals surface area contributed by atoms with Crippen LogP contribution in [0.1, 0.15) is 35.1 Å². The van der Waals surface area contributed by atoms with Gasteiger partial charge >= 0.3 is 11.8 Å². The summed E-state index contributed by atoms with van der Waals surface area (Å²) in [5.74, 6) is -1.13. The fourth-order valence-electron chi connectivity index (χ4n) is 2.50. The van der Waals surface area contributed by atoms with E-state index in [1.165, 1.54) is 0 Å². The zero-order valence-electron chi connectivity index (χ0n) is 13.2. The molecule has 2 amide bonds. The van der Waals surface area contributed by atoms with Gasteiger partial charge < -0.3 is 10.6 Å². The molecule has 0 bridgehead atoms. The van der Waals surface area contributed by atoms with Gasteiger partial charge in [-0.2, -0.15) is 5.10 Å². The fourth-order valence-corrected chi connectivity index (χ4v) is 3.31. The first-order chi connectivity index (χ1) is 11.0. The summed E-state index contributed by atoms with van der Waals surface area (Å²) in [6.45, 7) is 4.26. The van der Waals surface area contributed by atoms with Crippen LogP contribution in [-0.4, -0.2) is 34.2 Å². The van der Waals surface area contributed by atoms with Crippen molar-refractivity contribution < 1.29 is 9.59 Å². The van der Waals surface area contributed by atoms with Crippen molar-refractivity contribution in [1.82, 2.24) is 20.4 Å². The molecule has 1 atom stereocenters. The molecule has 7 heteroatoms. The molecule has 1 saturated carbocycles. The second-order valence-electron chi connectivity index (χ2n) is 5.86. The van der Waals surface area contributed by atoms with Gasteiger partial charge in [0, 0.05) is 23.2 Å². The van der Waals surface area contributed by atoms with Crippen LogP contribution in [0.25, 0.3) is 0 Å². The van der Waals surface area contributed by atoms with E-state index in [1.54, 1.807) is 11.3 Å². The van der Waals surface area contributed by atoms with Crippen molar-refractivity contribution in [3.8, 4) is 0 Å². The summed E-state index contributed by atoms with van der Waals surface area (Å²) in [4.78, 5) is 24.8. The second-order valence-corrected chi connectivity index (χ2v) is 6.84. The highest BCUT2D eigenvalue weighted by Gasteiger charge is 2.27. The molecule has 3 rings (SSSR count). The molecule has 122 valence electrons. The van der Waals surface area contributed by atoms with Gasteiger partial charge in [-0.05, 0) is 44.2 Å². The van der Waals surface area contributed by atoms with Gasteiger partial charge in [0.1, 0.15) is 6.04 Å². The molecule has 1 aliphatic carbocycles. The molecule has 2 heterocycles. The molecule has 2 aromatic heterocycles. The zero-order valence-corrected chi connectivity index (χ0v) is 14.0. The molecule has 0 aliphatic heterocycles. The maximum absolute atomic E-state index is 12.0. The lowest BCUT2D eigenvalue weighted by Gasteiger charge is -2.18. The SMILES string of the molecule is Cc1cc(C)n(C(CNC(=O)C(=O)NC2CC2)c2cccs2)n1. The fraction of sp³-hybridized carbons (Fsp3) is 0.438. The van der Waals surface area contributed by atoms with Gasteiger partial charge in [-0.1, -0.05) is 6.07 Å². The number of thiophene rings is 1. The van der Waals surface area contributed by atoms with Crippen molar-refractivity contribution in [2.75, 3.05) is 6.54 Å². The van der Waals surface area contributed by atoms with E-state index in [0.29, 0.717) is 6.54 Å². The Hall–Kier alpha value is -2.15. The van der Waals surface area contributed by atoms with Gasteiger partial charge in [-0.25, -0.2) is 0 Å². The van der Waals surface area contributed by atoms with Crippen LogP contribution in [0.3, 0.4) is 0 Å². The van der Waals surface area contributed by atoms with Crippen molar-refractivity contribution in [2.45, 2.75) is 38.8 Å². The lowest BCUT2D eigenvalue weighted by atomic mass is 10.2. The summed E-state index contributed by atoms with van der Waals surface area (Å²) in [7, 11) is 0. The maximum Gasteiger partial charge on any atom is 0.309 e. The lowest BCUT2D eigenvalue weighted by Crippen LogP contribution is -2.43. The third-order valence-corrected chi connectivity index (χ3v) is 4.76. The normalized spacial score (nSPS) is 15.2. The summed E-state index contributed by atoms with van der Waals surface area (Å²) < 4.78 is 1.90. The standard InChI is InChI=1S/C16H20N4O2S/c1-10-8-11(2)20(19-10)13(14-4-3-7-23-14)9-17-15(21)16(22)18-12-5-6-12/h3-4,7-8,12-13H,5-6,9H2,1-2H3,(H,17,21)(H,18,22). The Morgan fingerprint density at radius 3 is 2.74 bits per heavy atom. The summed E-state index contributed by atoms with van der Waals surface area (Å²) in [5.41, 5.74) is 1.96. The number of carbonyl (C=O) groups excluding carboxylic acids is 2. The molecule has 1 fully saturated rings. The number of amides is 2. The Labute approximate surface area is 138 Å². The Morgan fingerprint density at radius 2 is 2.17 bits per heavy atom. The van der Waals surface area contributed by atoms with Gasteiger partial charge in [0.2, 0.25) is 0 Å². The van der Waals surface area contributed by atoms with Crippen LogP contribution in [0.2, 0.25) is 0 Å². The Morgan fingerprint density at radius 1 is 1.39 bits per heavy atom. The molecular formula is C16H20N4O2S. The Balaban J connectivity index is 1.70. The maximum atomic E-state index is 12.0. The third kappa shape index (κ3) is 3.79. The van der Waals surface area contributed by atoms with E-state index in [1.807, 2.05) is 42.1 Å². The first-order valence-corrected chi connectivity index (χ1v) is 8.57. The van der Waals surface area contributed by atoms with Crippen molar-refractivity contribution in [1.29, 1.82) is 0 Å². The van der Waals surface area contributed by atoms with E-state index in [2.05, 4.69) is 15.7 Å². The number of aryl methyl sites for hydroxylation is 2. The Kier molecular flexibility index (Phi) is 4.47. The smallest absolute Gasteiger partial charge is 0.309 e. The number of aromatic nitrogens is 2. The highest BCUT2D eigenvalue weighted by molar-refractivity contribution is 7.10. The molecular weight excluding hydrogens is 312 g/mol. The number of rotatable bonds is 5. The molecule has 1 aliphatic rings. The van der Waals surface area contributed by atoms with Gasteiger partial charge in [0.05, 0.1) is 5.69 Å². The first-order valence-electron chi connectivity index (χ1n) is 7.69. The highest BCUT2D eigenvalue weighted by atomic mass is 32.1. The van der Waals surface area contributed by atoms with E-state index in [0.717, 1.165) is 29.1 Å². The minimum atomic E-state index is -0.583. The number of nitrogens with one attached hydrogen (secondary N) is 2. The average Bonchev–Trinajstić information content (AvgIpc) is 3.03. The average molecular weight is 332 g/mol. The van der Waals surface area contributed by atoms with E-state index >= 15 is 0 Å². The second kappa shape index (κ2) is 6.54. The van der Waals surface area contributed by atoms with Crippen molar-refractivity contribution in [3.05, 3.63) is 39.8 Å². The van der Waals surface area contributed by atoms with Crippen molar-refractivity contribution in [2.24, 2.45) is 0 Å². The van der Waals surface area contributed by atoms with E-state index in [9.17, 15) is 9.59 Å². The first kappa shape index (κ1) is 15.7. The van der Waals surface area contributed by atoms with E-state index < -0.39 is 11.8 Å². The van der Waals surface area contributed by atoms with Gasteiger partial charge in [-0.15, -0.1) is 11.3 Å². The largest absolute Gasteiger partial charge is 0.345 e. The molecule has 2 N–H and O–H groups in total. The number of carbonyl (C=O) groups is 2. The highest BCUT2D eigenvalue weighted by Crippen LogP contribution is 2.24. The molecule has 0 radical (unpaired) electrons. The third-order valence-electron chi connectivity index (χ3n) is 3.79. The molecule has 6 nitrogen and oxygen atoms in total. The molecule has 23 heavy (non-hydrogen) atoms. The summed E-state index contributed by atoms with van der Waals surface area (Å²) in [6, 6.07) is 6.06.